The number of carbonyl (C=O) groups is 1. The Morgan fingerprint density at radius 3 is 2.94 bits per heavy atom. The van der Waals surface area contributed by atoms with E-state index in [4.69, 9.17) is 4.74 Å². The van der Waals surface area contributed by atoms with Gasteiger partial charge in [-0.3, -0.25) is 4.79 Å². The average Bonchev–Trinajstić information content (AvgIpc) is 2.80. The van der Waals surface area contributed by atoms with E-state index in [0.29, 0.717) is 12.2 Å². The molecule has 2 rings (SSSR count). The summed E-state index contributed by atoms with van der Waals surface area (Å²) >= 11 is 0. The molecule has 0 aliphatic carbocycles. The van der Waals surface area contributed by atoms with E-state index in [1.54, 1.807) is 11.8 Å². The summed E-state index contributed by atoms with van der Waals surface area (Å²) < 4.78 is 11.8. The second kappa shape index (κ2) is 4.21. The van der Waals surface area contributed by atoms with Gasteiger partial charge in [-0.05, 0) is 0 Å². The second-order valence-corrected chi connectivity index (χ2v) is 3.92. The third-order valence-corrected chi connectivity index (χ3v) is 3.03. The van der Waals surface area contributed by atoms with Gasteiger partial charge in [-0.25, -0.2) is 4.68 Å². The Morgan fingerprint density at radius 1 is 1.56 bits per heavy atom. The van der Waals surface area contributed by atoms with E-state index in [9.17, 15) is 4.79 Å². The normalized spacial score (nSPS) is 23.2. The molecule has 0 amide bonds. The van der Waals surface area contributed by atoms with Gasteiger partial charge in [-0.2, -0.15) is 0 Å². The minimum Gasteiger partial charge on any atom is -0.469 e. The number of rotatable bonds is 3. The topological polar surface area (TPSA) is 66.2 Å². The Balaban J connectivity index is 2.22. The largest absolute Gasteiger partial charge is 0.469 e. The van der Waals surface area contributed by atoms with Crippen LogP contribution >= 0.6 is 0 Å². The van der Waals surface area contributed by atoms with Crippen molar-refractivity contribution >= 4 is 5.97 Å². The van der Waals surface area contributed by atoms with E-state index in [1.807, 2.05) is 0 Å². The number of hydrogen-bond donors (Lipinski definition) is 0. The van der Waals surface area contributed by atoms with E-state index in [1.165, 1.54) is 7.11 Å². The zero-order valence-corrected chi connectivity index (χ0v) is 9.64. The van der Waals surface area contributed by atoms with Crippen molar-refractivity contribution in [2.75, 3.05) is 14.2 Å². The molecule has 6 nitrogen and oxygen atoms in total. The molecule has 16 heavy (non-hydrogen) atoms. The van der Waals surface area contributed by atoms with Crippen molar-refractivity contribution in [1.82, 2.24) is 15.0 Å². The fourth-order valence-electron chi connectivity index (χ4n) is 2.11. The first-order valence-corrected chi connectivity index (χ1v) is 5.19. The average molecular weight is 225 g/mol. The van der Waals surface area contributed by atoms with E-state index >= 15 is 0 Å². The number of methoxy groups -OCH3 is 2. The van der Waals surface area contributed by atoms with Gasteiger partial charge < -0.3 is 9.47 Å². The summed E-state index contributed by atoms with van der Waals surface area (Å²) in [5, 5.41) is 8.01. The van der Waals surface area contributed by atoms with Crippen LogP contribution in [0.1, 0.15) is 24.2 Å². The summed E-state index contributed by atoms with van der Waals surface area (Å²) in [7, 11) is 3.05. The third-order valence-electron chi connectivity index (χ3n) is 3.03. The van der Waals surface area contributed by atoms with E-state index in [2.05, 4.69) is 22.0 Å². The third kappa shape index (κ3) is 1.69. The Morgan fingerprint density at radius 2 is 2.31 bits per heavy atom. The summed E-state index contributed by atoms with van der Waals surface area (Å²) in [5.41, 5.74) is 1.68. The molecule has 1 aliphatic rings. The fourth-order valence-corrected chi connectivity index (χ4v) is 2.11. The zero-order valence-electron chi connectivity index (χ0n) is 9.64. The summed E-state index contributed by atoms with van der Waals surface area (Å²) in [4.78, 5) is 11.2. The molecular formula is C10H15N3O3. The lowest BCUT2D eigenvalue weighted by Gasteiger charge is -2.12. The lowest BCUT2D eigenvalue weighted by atomic mass is 10.0. The van der Waals surface area contributed by atoms with Crippen LogP contribution in [0.4, 0.5) is 0 Å². The van der Waals surface area contributed by atoms with Crippen LogP contribution in [0, 0.1) is 0 Å². The van der Waals surface area contributed by atoms with Gasteiger partial charge in [0.2, 0.25) is 0 Å². The lowest BCUT2D eigenvalue weighted by molar-refractivity contribution is -0.139. The maximum absolute atomic E-state index is 11.2. The van der Waals surface area contributed by atoms with Crippen LogP contribution in [-0.2, 0) is 27.2 Å². The molecule has 0 radical (unpaired) electrons. The number of hydrogen-bond acceptors (Lipinski definition) is 5. The molecule has 88 valence electrons. The highest BCUT2D eigenvalue weighted by atomic mass is 16.5. The van der Waals surface area contributed by atoms with Gasteiger partial charge in [0.15, 0.2) is 0 Å². The molecule has 0 unspecified atom stereocenters. The summed E-state index contributed by atoms with van der Waals surface area (Å²) in [5.74, 6) is -0.0870. The Kier molecular flexibility index (Phi) is 2.91. The van der Waals surface area contributed by atoms with Gasteiger partial charge in [0, 0.05) is 13.0 Å². The molecule has 2 heterocycles. The van der Waals surface area contributed by atoms with Crippen molar-refractivity contribution in [2.45, 2.75) is 31.9 Å². The Labute approximate surface area is 93.5 Å². The molecule has 0 bridgehead atoms. The van der Waals surface area contributed by atoms with Crippen molar-refractivity contribution in [2.24, 2.45) is 0 Å². The highest BCUT2D eigenvalue weighted by molar-refractivity contribution is 5.72. The first-order valence-electron chi connectivity index (χ1n) is 5.19. The maximum Gasteiger partial charge on any atom is 0.311 e. The van der Waals surface area contributed by atoms with Crippen LogP contribution in [0.25, 0.3) is 0 Å². The van der Waals surface area contributed by atoms with Crippen molar-refractivity contribution in [3.63, 3.8) is 0 Å². The van der Waals surface area contributed by atoms with Crippen LogP contribution in [0.15, 0.2) is 0 Å². The molecule has 0 saturated heterocycles. The van der Waals surface area contributed by atoms with E-state index in [0.717, 1.165) is 5.69 Å². The maximum atomic E-state index is 11.2. The van der Waals surface area contributed by atoms with Crippen molar-refractivity contribution in [3.8, 4) is 0 Å². The van der Waals surface area contributed by atoms with E-state index < -0.39 is 0 Å². The SMILES string of the molecule is COC(=O)Cc1nnn2c1[C@H](C)[C@@H](OC)C2. The number of ether oxygens (including phenoxy) is 2. The summed E-state index contributed by atoms with van der Waals surface area (Å²) in [6.45, 7) is 2.75. The standard InChI is InChI=1S/C10H15N3O3/c1-6-8(15-2)5-13-10(6)7(11-12-13)4-9(14)16-3/h6,8H,4-5H2,1-3H3/t6-,8+/m1/s1. The predicted molar refractivity (Wildman–Crippen MR) is 55.0 cm³/mol. The fraction of sp³-hybridized carbons (Fsp3) is 0.700. The Hall–Kier alpha value is -1.43. The van der Waals surface area contributed by atoms with Gasteiger partial charge >= 0.3 is 5.97 Å². The van der Waals surface area contributed by atoms with Crippen molar-refractivity contribution < 1.29 is 14.3 Å². The van der Waals surface area contributed by atoms with Crippen LogP contribution in [0.3, 0.4) is 0 Å². The molecule has 1 aliphatic heterocycles. The van der Waals surface area contributed by atoms with E-state index in [-0.39, 0.29) is 24.4 Å². The predicted octanol–water partition coefficient (Wildman–Crippen LogP) is 0.126. The minimum absolute atomic E-state index is 0.113. The number of nitrogens with zero attached hydrogens (tertiary/aromatic N) is 3. The van der Waals surface area contributed by atoms with Gasteiger partial charge in [-0.1, -0.05) is 12.1 Å². The van der Waals surface area contributed by atoms with Crippen LogP contribution in [0.2, 0.25) is 0 Å². The zero-order chi connectivity index (χ0) is 11.7. The number of esters is 1. The molecule has 0 saturated carbocycles. The van der Waals surface area contributed by atoms with Crippen molar-refractivity contribution in [3.05, 3.63) is 11.4 Å². The molecule has 1 aromatic heterocycles. The molecule has 1 aromatic rings. The van der Waals surface area contributed by atoms with Crippen molar-refractivity contribution in [1.29, 1.82) is 0 Å². The molecule has 2 atom stereocenters. The van der Waals surface area contributed by atoms with Gasteiger partial charge in [0.1, 0.15) is 0 Å². The number of carbonyl (C=O) groups excluding carboxylic acids is 1. The number of fused-ring (bicyclic) bond motifs is 1. The number of aromatic nitrogens is 3. The monoisotopic (exact) mass is 225 g/mol. The highest BCUT2D eigenvalue weighted by Gasteiger charge is 2.34. The quantitative estimate of drug-likeness (QED) is 0.684. The smallest absolute Gasteiger partial charge is 0.311 e. The Bertz CT molecular complexity index is 402. The molecule has 0 fully saturated rings. The van der Waals surface area contributed by atoms with Gasteiger partial charge in [0.25, 0.3) is 0 Å². The lowest BCUT2D eigenvalue weighted by Crippen LogP contribution is -2.16. The summed E-state index contributed by atoms with van der Waals surface area (Å²) in [6.07, 6.45) is 0.286. The van der Waals surface area contributed by atoms with Crippen LogP contribution < -0.4 is 0 Å². The molecule has 0 spiro atoms. The van der Waals surface area contributed by atoms with Crippen LogP contribution in [0.5, 0.6) is 0 Å². The first kappa shape index (κ1) is 11.1. The highest BCUT2D eigenvalue weighted by Crippen LogP contribution is 2.31. The first-order chi connectivity index (χ1) is 7.67. The van der Waals surface area contributed by atoms with Crippen LogP contribution in [-0.4, -0.2) is 41.3 Å². The van der Waals surface area contributed by atoms with Gasteiger partial charge in [-0.15, -0.1) is 5.10 Å². The molecular weight excluding hydrogens is 210 g/mol. The summed E-state index contributed by atoms with van der Waals surface area (Å²) in [6, 6.07) is 0. The minimum atomic E-state index is -0.295. The molecule has 0 aromatic carbocycles. The second-order valence-electron chi connectivity index (χ2n) is 3.92. The molecule has 6 heteroatoms. The molecule has 0 N–H and O–H groups in total. The van der Waals surface area contributed by atoms with Gasteiger partial charge in [0.05, 0.1) is 37.6 Å².